The van der Waals surface area contributed by atoms with E-state index in [4.69, 9.17) is 21.1 Å². The van der Waals surface area contributed by atoms with Crippen LogP contribution in [0, 0.1) is 0 Å². The molecule has 0 aromatic heterocycles. The number of halogens is 1. The average molecular weight is 439 g/mol. The summed E-state index contributed by atoms with van der Waals surface area (Å²) in [5, 5.41) is 3.05. The fourth-order valence-electron chi connectivity index (χ4n) is 3.04. The Balaban J connectivity index is 1.77. The summed E-state index contributed by atoms with van der Waals surface area (Å²) in [7, 11) is -1.76. The number of sulfonamides is 1. The van der Waals surface area contributed by atoms with E-state index in [1.54, 1.807) is 30.3 Å². The van der Waals surface area contributed by atoms with Crippen LogP contribution in [0.25, 0.3) is 0 Å². The van der Waals surface area contributed by atoms with E-state index >= 15 is 0 Å². The number of amides is 1. The highest BCUT2D eigenvalue weighted by atomic mass is 35.5. The summed E-state index contributed by atoms with van der Waals surface area (Å²) in [4.78, 5) is 12.6. The number of nitrogens with zero attached hydrogens (tertiary/aromatic N) is 1. The molecule has 0 aliphatic carbocycles. The number of benzene rings is 2. The molecule has 2 aromatic rings. The van der Waals surface area contributed by atoms with Crippen LogP contribution in [0.15, 0.2) is 36.4 Å². The highest BCUT2D eigenvalue weighted by molar-refractivity contribution is 7.93. The molecule has 1 amide bonds. The van der Waals surface area contributed by atoms with Crippen molar-refractivity contribution in [2.24, 2.45) is 0 Å². The fourth-order valence-corrected chi connectivity index (χ4v) is 4.86. The molecule has 2 aromatic carbocycles. The van der Waals surface area contributed by atoms with Gasteiger partial charge in [0.2, 0.25) is 10.0 Å². The van der Waals surface area contributed by atoms with Gasteiger partial charge in [-0.25, -0.2) is 8.42 Å². The van der Waals surface area contributed by atoms with Gasteiger partial charge in [0.15, 0.2) is 11.5 Å². The molecule has 1 heterocycles. The molecule has 3 rings (SSSR count). The van der Waals surface area contributed by atoms with E-state index in [1.165, 1.54) is 17.5 Å². The molecule has 7 nitrogen and oxygen atoms in total. The van der Waals surface area contributed by atoms with Gasteiger partial charge in [-0.1, -0.05) is 11.6 Å². The van der Waals surface area contributed by atoms with Crippen molar-refractivity contribution < 1.29 is 22.7 Å². The molecule has 1 N–H and O–H groups in total. The van der Waals surface area contributed by atoms with Gasteiger partial charge in [0, 0.05) is 17.8 Å². The largest absolute Gasteiger partial charge is 0.493 e. The Morgan fingerprint density at radius 3 is 2.45 bits per heavy atom. The number of methoxy groups -OCH3 is 1. The molecule has 9 heteroatoms. The number of nitrogens with one attached hydrogen (secondary N) is 1. The standard InChI is InChI=1S/C20H23ClN2O5S/c1-13(2)28-19-17(21)11-14(12-18(19)27-3)20(24)22-15-5-7-16(8-6-15)23-9-4-10-29(23,25)26/h5-8,11-13H,4,9-10H2,1-3H3,(H,22,24). The second kappa shape index (κ2) is 8.51. The van der Waals surface area contributed by atoms with E-state index in [-0.39, 0.29) is 22.8 Å². The van der Waals surface area contributed by atoms with Crippen LogP contribution in [0.1, 0.15) is 30.6 Å². The van der Waals surface area contributed by atoms with Crippen LogP contribution in [0.5, 0.6) is 11.5 Å². The topological polar surface area (TPSA) is 84.9 Å². The second-order valence-corrected chi connectivity index (χ2v) is 9.32. The highest BCUT2D eigenvalue weighted by Gasteiger charge is 2.28. The summed E-state index contributed by atoms with van der Waals surface area (Å²) in [6, 6.07) is 9.75. The molecule has 0 saturated carbocycles. The minimum atomic E-state index is -3.24. The maximum absolute atomic E-state index is 12.6. The lowest BCUT2D eigenvalue weighted by atomic mass is 10.1. The molecular formula is C20H23ClN2O5S. The first kappa shape index (κ1) is 21.3. The van der Waals surface area contributed by atoms with Gasteiger partial charge < -0.3 is 14.8 Å². The molecule has 1 saturated heterocycles. The summed E-state index contributed by atoms with van der Waals surface area (Å²) in [5.74, 6) is 0.538. The van der Waals surface area contributed by atoms with Crippen LogP contribution in [-0.2, 0) is 10.0 Å². The highest BCUT2D eigenvalue weighted by Crippen LogP contribution is 2.37. The van der Waals surface area contributed by atoms with Crippen LogP contribution in [0.2, 0.25) is 5.02 Å². The molecule has 1 aliphatic rings. The van der Waals surface area contributed by atoms with Crippen LogP contribution in [0.3, 0.4) is 0 Å². The zero-order chi connectivity index (χ0) is 21.2. The van der Waals surface area contributed by atoms with Gasteiger partial charge >= 0.3 is 0 Å². The minimum Gasteiger partial charge on any atom is -0.493 e. The predicted octanol–water partition coefficient (Wildman–Crippen LogP) is 3.93. The van der Waals surface area contributed by atoms with E-state index in [9.17, 15) is 13.2 Å². The third-order valence-electron chi connectivity index (χ3n) is 4.36. The van der Waals surface area contributed by atoms with E-state index < -0.39 is 10.0 Å². The van der Waals surface area contributed by atoms with Crippen LogP contribution in [-0.4, -0.2) is 39.8 Å². The van der Waals surface area contributed by atoms with Crippen molar-refractivity contribution in [1.82, 2.24) is 0 Å². The first-order valence-electron chi connectivity index (χ1n) is 9.17. The lowest BCUT2D eigenvalue weighted by Crippen LogP contribution is -2.25. The average Bonchev–Trinajstić information content (AvgIpc) is 3.02. The van der Waals surface area contributed by atoms with Gasteiger partial charge in [-0.3, -0.25) is 9.10 Å². The number of hydrogen-bond donors (Lipinski definition) is 1. The van der Waals surface area contributed by atoms with Crippen LogP contribution in [0.4, 0.5) is 11.4 Å². The smallest absolute Gasteiger partial charge is 0.255 e. The van der Waals surface area contributed by atoms with Gasteiger partial charge in [0.05, 0.1) is 29.7 Å². The Kier molecular flexibility index (Phi) is 6.24. The molecular weight excluding hydrogens is 416 g/mol. The number of ether oxygens (including phenoxy) is 2. The lowest BCUT2D eigenvalue weighted by molar-refractivity contribution is 0.102. The summed E-state index contributed by atoms with van der Waals surface area (Å²) in [6.07, 6.45) is 0.513. The Labute approximate surface area is 175 Å². The van der Waals surface area contributed by atoms with E-state index in [0.29, 0.717) is 41.4 Å². The maximum atomic E-state index is 12.6. The molecule has 0 unspecified atom stereocenters. The third-order valence-corrected chi connectivity index (χ3v) is 6.51. The van der Waals surface area contributed by atoms with Gasteiger partial charge in [0.25, 0.3) is 5.91 Å². The van der Waals surface area contributed by atoms with Crippen LogP contribution >= 0.6 is 11.6 Å². The van der Waals surface area contributed by atoms with Crippen LogP contribution < -0.4 is 19.1 Å². The minimum absolute atomic E-state index is 0.0981. The summed E-state index contributed by atoms with van der Waals surface area (Å²) < 4.78 is 36.4. The SMILES string of the molecule is COc1cc(C(=O)Nc2ccc(N3CCCS3(=O)=O)cc2)cc(Cl)c1OC(C)C. The molecule has 156 valence electrons. The van der Waals surface area contributed by atoms with Crippen molar-refractivity contribution in [3.05, 3.63) is 47.0 Å². The van der Waals surface area contributed by atoms with Gasteiger partial charge in [-0.15, -0.1) is 0 Å². The second-order valence-electron chi connectivity index (χ2n) is 6.90. The van der Waals surface area contributed by atoms with Crippen molar-refractivity contribution in [2.45, 2.75) is 26.4 Å². The van der Waals surface area contributed by atoms with Crippen molar-refractivity contribution in [1.29, 1.82) is 0 Å². The number of anilines is 2. The number of rotatable bonds is 6. The number of carbonyl (C=O) groups is 1. The first-order valence-corrected chi connectivity index (χ1v) is 11.2. The molecule has 0 atom stereocenters. The lowest BCUT2D eigenvalue weighted by Gasteiger charge is -2.17. The van der Waals surface area contributed by atoms with Crippen molar-refractivity contribution in [3.63, 3.8) is 0 Å². The molecule has 29 heavy (non-hydrogen) atoms. The van der Waals surface area contributed by atoms with Crippen molar-refractivity contribution in [3.8, 4) is 11.5 Å². The molecule has 0 bridgehead atoms. The molecule has 0 radical (unpaired) electrons. The van der Waals surface area contributed by atoms with Gasteiger partial charge in [0.1, 0.15) is 0 Å². The first-order chi connectivity index (χ1) is 13.7. The summed E-state index contributed by atoms with van der Waals surface area (Å²) in [6.45, 7) is 4.21. The summed E-state index contributed by atoms with van der Waals surface area (Å²) >= 11 is 6.28. The van der Waals surface area contributed by atoms with Crippen molar-refractivity contribution in [2.75, 3.05) is 29.0 Å². The van der Waals surface area contributed by atoms with Gasteiger partial charge in [-0.05, 0) is 56.7 Å². The predicted molar refractivity (Wildman–Crippen MR) is 114 cm³/mol. The zero-order valence-electron chi connectivity index (χ0n) is 16.4. The van der Waals surface area contributed by atoms with E-state index in [0.717, 1.165) is 0 Å². The molecule has 1 aliphatic heterocycles. The van der Waals surface area contributed by atoms with E-state index in [1.807, 2.05) is 13.8 Å². The Bertz CT molecular complexity index is 1010. The fraction of sp³-hybridized carbons (Fsp3) is 0.350. The Morgan fingerprint density at radius 2 is 1.90 bits per heavy atom. The number of hydrogen-bond acceptors (Lipinski definition) is 5. The zero-order valence-corrected chi connectivity index (χ0v) is 18.0. The normalized spacial score (nSPS) is 15.4. The molecule has 0 spiro atoms. The summed E-state index contributed by atoms with van der Waals surface area (Å²) in [5.41, 5.74) is 1.43. The Morgan fingerprint density at radius 1 is 1.21 bits per heavy atom. The Hall–Kier alpha value is -2.45. The third kappa shape index (κ3) is 4.76. The quantitative estimate of drug-likeness (QED) is 0.738. The monoisotopic (exact) mass is 438 g/mol. The maximum Gasteiger partial charge on any atom is 0.255 e. The number of carbonyl (C=O) groups excluding carboxylic acids is 1. The molecule has 1 fully saturated rings. The van der Waals surface area contributed by atoms with Gasteiger partial charge in [-0.2, -0.15) is 0 Å². The van der Waals surface area contributed by atoms with E-state index in [2.05, 4.69) is 5.32 Å². The van der Waals surface area contributed by atoms with Crippen molar-refractivity contribution >= 4 is 38.9 Å².